The molecule has 1 heterocycles. The van der Waals surface area contributed by atoms with Gasteiger partial charge in [-0.1, -0.05) is 53.6 Å². The summed E-state index contributed by atoms with van der Waals surface area (Å²) in [6, 6.07) is 12.8. The van der Waals surface area contributed by atoms with Gasteiger partial charge in [0.15, 0.2) is 0 Å². The van der Waals surface area contributed by atoms with Gasteiger partial charge in [-0.15, -0.1) is 0 Å². The molecule has 25 heavy (non-hydrogen) atoms. The average molecular weight is 393 g/mol. The molecule has 4 nitrogen and oxygen atoms in total. The van der Waals surface area contributed by atoms with Crippen molar-refractivity contribution in [3.63, 3.8) is 0 Å². The number of nitrogens with zero attached hydrogens (tertiary/aromatic N) is 2. The fourth-order valence-electron chi connectivity index (χ4n) is 2.64. The maximum atomic E-state index is 11.8. The van der Waals surface area contributed by atoms with Crippen LogP contribution in [-0.4, -0.2) is 36.9 Å². The molecule has 0 aromatic heterocycles. The number of anilines is 1. The second-order valence-corrected chi connectivity index (χ2v) is 6.68. The number of fused-ring (bicyclic) bond motifs is 1. The monoisotopic (exact) mass is 392 g/mol. The number of carbonyl (C=O) groups excluding carboxylic acids is 1. The normalized spacial score (nSPS) is 13.8. The first kappa shape index (κ1) is 17.9. The number of hydrogen-bond acceptors (Lipinski definition) is 4. The molecule has 0 aliphatic carbocycles. The third kappa shape index (κ3) is 3.68. The number of aliphatic imine (C=N–C) groups is 1. The summed E-state index contributed by atoms with van der Waals surface area (Å²) in [5.74, 6) is -0.385. The molecule has 0 N–H and O–H groups in total. The zero-order valence-electron chi connectivity index (χ0n) is 13.3. The number of carbonyl (C=O) groups is 1. The van der Waals surface area contributed by atoms with E-state index in [4.69, 9.17) is 40.2 Å². The molecule has 0 spiro atoms. The number of ether oxygens (including phenoxy) is 1. The number of thiocarbonyl (C=S) groups is 1. The molecular formula is C18H14Cl2N2O2S. The number of hydrogen-bond donors (Lipinski definition) is 0. The molecule has 7 heteroatoms. The van der Waals surface area contributed by atoms with Crippen LogP contribution in [0.5, 0.6) is 0 Å². The van der Waals surface area contributed by atoms with E-state index >= 15 is 0 Å². The minimum Gasteiger partial charge on any atom is -0.468 e. The lowest BCUT2D eigenvalue weighted by Gasteiger charge is -2.24. The lowest BCUT2D eigenvalue weighted by Crippen LogP contribution is -2.36. The van der Waals surface area contributed by atoms with Crippen LogP contribution in [0.4, 0.5) is 5.69 Å². The van der Waals surface area contributed by atoms with E-state index in [9.17, 15) is 4.79 Å². The van der Waals surface area contributed by atoms with Crippen LogP contribution in [0.15, 0.2) is 47.5 Å². The van der Waals surface area contributed by atoms with Gasteiger partial charge in [0.05, 0.1) is 25.1 Å². The van der Waals surface area contributed by atoms with Crippen molar-refractivity contribution in [2.45, 2.75) is 0 Å². The molecule has 1 aliphatic rings. The van der Waals surface area contributed by atoms with Crippen molar-refractivity contribution in [1.82, 2.24) is 0 Å². The molecule has 0 amide bonds. The fraction of sp³-hybridized carbons (Fsp3) is 0.167. The summed E-state index contributed by atoms with van der Waals surface area (Å²) in [4.78, 5) is 18.7. The van der Waals surface area contributed by atoms with Gasteiger partial charge >= 0.3 is 5.97 Å². The second kappa shape index (κ2) is 7.52. The second-order valence-electron chi connectivity index (χ2n) is 5.36. The lowest BCUT2D eigenvalue weighted by atomic mass is 10.00. The smallest absolute Gasteiger partial charge is 0.325 e. The number of halogens is 2. The van der Waals surface area contributed by atoms with Crippen LogP contribution in [0, 0.1) is 0 Å². The predicted octanol–water partition coefficient (Wildman–Crippen LogP) is 4.15. The predicted molar refractivity (Wildman–Crippen MR) is 105 cm³/mol. The van der Waals surface area contributed by atoms with E-state index in [1.54, 1.807) is 23.1 Å². The summed E-state index contributed by atoms with van der Waals surface area (Å²) in [5.41, 5.74) is 2.99. The Morgan fingerprint density at radius 1 is 1.24 bits per heavy atom. The molecule has 128 valence electrons. The summed E-state index contributed by atoms with van der Waals surface area (Å²) in [7, 11) is 1.34. The van der Waals surface area contributed by atoms with Crippen LogP contribution in [0.1, 0.15) is 11.1 Å². The van der Waals surface area contributed by atoms with Crippen LogP contribution in [0.2, 0.25) is 10.0 Å². The van der Waals surface area contributed by atoms with Gasteiger partial charge < -0.3 is 9.64 Å². The molecule has 0 bridgehead atoms. The highest BCUT2D eigenvalue weighted by Gasteiger charge is 2.26. The van der Waals surface area contributed by atoms with Crippen LogP contribution >= 0.6 is 35.4 Å². The zero-order valence-corrected chi connectivity index (χ0v) is 15.7. The van der Waals surface area contributed by atoms with E-state index in [1.165, 1.54) is 7.11 Å². The molecule has 0 unspecified atom stereocenters. The van der Waals surface area contributed by atoms with E-state index in [1.807, 2.05) is 24.3 Å². The largest absolute Gasteiger partial charge is 0.468 e. The number of benzene rings is 2. The van der Waals surface area contributed by atoms with Crippen molar-refractivity contribution in [2.24, 2.45) is 4.99 Å². The van der Waals surface area contributed by atoms with Crippen LogP contribution < -0.4 is 4.90 Å². The summed E-state index contributed by atoms with van der Waals surface area (Å²) < 4.78 is 4.79. The Labute approximate surface area is 161 Å². The third-order valence-corrected chi connectivity index (χ3v) is 4.74. The van der Waals surface area contributed by atoms with E-state index in [0.717, 1.165) is 16.8 Å². The van der Waals surface area contributed by atoms with Crippen molar-refractivity contribution in [3.05, 3.63) is 63.6 Å². The van der Waals surface area contributed by atoms with Gasteiger partial charge in [0.25, 0.3) is 0 Å². The first-order valence-electron chi connectivity index (χ1n) is 7.47. The maximum absolute atomic E-state index is 11.8. The summed E-state index contributed by atoms with van der Waals surface area (Å²) in [5, 5.41) is 1.14. The van der Waals surface area contributed by atoms with Crippen molar-refractivity contribution in [3.8, 4) is 0 Å². The van der Waals surface area contributed by atoms with E-state index in [2.05, 4.69) is 4.99 Å². The highest BCUT2D eigenvalue weighted by molar-refractivity contribution is 7.80. The highest BCUT2D eigenvalue weighted by atomic mass is 35.5. The zero-order chi connectivity index (χ0) is 18.0. The molecule has 0 radical (unpaired) electrons. The SMILES string of the molecule is COC(=O)CN1C(=S)CN=C(c2ccccc2Cl)c2cc(Cl)ccc21. The summed E-state index contributed by atoms with van der Waals surface area (Å²) in [6.45, 7) is 0.272. The molecule has 2 aromatic rings. The Bertz CT molecular complexity index is 883. The molecular weight excluding hydrogens is 379 g/mol. The minimum absolute atomic E-state index is 0.00921. The molecule has 1 aliphatic heterocycles. The van der Waals surface area contributed by atoms with Gasteiger partial charge in [-0.05, 0) is 24.3 Å². The molecule has 0 fully saturated rings. The topological polar surface area (TPSA) is 41.9 Å². The Hall–Kier alpha value is -1.95. The van der Waals surface area contributed by atoms with E-state index < -0.39 is 0 Å². The number of rotatable bonds is 3. The molecule has 0 saturated carbocycles. The van der Waals surface area contributed by atoms with Crippen LogP contribution in [-0.2, 0) is 9.53 Å². The minimum atomic E-state index is -0.385. The number of esters is 1. The third-order valence-electron chi connectivity index (χ3n) is 3.82. The molecule has 3 rings (SSSR count). The number of benzodiazepines with no additional fused rings is 1. The van der Waals surface area contributed by atoms with Crippen LogP contribution in [0.25, 0.3) is 0 Å². The van der Waals surface area contributed by atoms with Gasteiger partial charge in [-0.2, -0.15) is 0 Å². The standard InChI is InChI=1S/C18H14Cl2N2O2S/c1-24-17(23)10-22-15-7-6-11(19)8-13(15)18(21-9-16(22)25)12-4-2-3-5-14(12)20/h2-8H,9-10H2,1H3. The summed E-state index contributed by atoms with van der Waals surface area (Å²) >= 11 is 18.0. The first-order valence-corrected chi connectivity index (χ1v) is 8.64. The Morgan fingerprint density at radius 3 is 2.72 bits per heavy atom. The van der Waals surface area contributed by atoms with Crippen molar-refractivity contribution in [2.75, 3.05) is 25.1 Å². The Balaban J connectivity index is 2.17. The van der Waals surface area contributed by atoms with Crippen molar-refractivity contribution >= 4 is 57.8 Å². The van der Waals surface area contributed by atoms with Gasteiger partial charge in [-0.3, -0.25) is 9.79 Å². The summed E-state index contributed by atoms with van der Waals surface area (Å²) in [6.07, 6.45) is 0. The Morgan fingerprint density at radius 2 is 2.00 bits per heavy atom. The van der Waals surface area contributed by atoms with Gasteiger partial charge in [0.1, 0.15) is 11.5 Å². The molecule has 0 saturated heterocycles. The van der Waals surface area contributed by atoms with Crippen LogP contribution in [0.3, 0.4) is 0 Å². The van der Waals surface area contributed by atoms with Crippen molar-refractivity contribution < 1.29 is 9.53 Å². The van der Waals surface area contributed by atoms with E-state index in [0.29, 0.717) is 20.7 Å². The highest BCUT2D eigenvalue weighted by Crippen LogP contribution is 2.31. The van der Waals surface area contributed by atoms with Gasteiger partial charge in [-0.25, -0.2) is 0 Å². The lowest BCUT2D eigenvalue weighted by molar-refractivity contribution is -0.138. The van der Waals surface area contributed by atoms with Gasteiger partial charge in [0.2, 0.25) is 0 Å². The first-order chi connectivity index (χ1) is 12.0. The quantitative estimate of drug-likeness (QED) is 0.581. The van der Waals surface area contributed by atoms with E-state index in [-0.39, 0.29) is 19.1 Å². The van der Waals surface area contributed by atoms with Gasteiger partial charge in [0, 0.05) is 21.2 Å². The number of methoxy groups -OCH3 is 1. The average Bonchev–Trinajstić information content (AvgIpc) is 2.73. The Kier molecular flexibility index (Phi) is 5.37. The fourth-order valence-corrected chi connectivity index (χ4v) is 3.26. The molecule has 2 aromatic carbocycles. The maximum Gasteiger partial charge on any atom is 0.325 e. The van der Waals surface area contributed by atoms with Crippen molar-refractivity contribution in [1.29, 1.82) is 0 Å². The molecule has 0 atom stereocenters.